The van der Waals surface area contributed by atoms with Gasteiger partial charge in [-0.3, -0.25) is 0 Å². The van der Waals surface area contributed by atoms with Crippen molar-refractivity contribution in [1.29, 1.82) is 0 Å². The Morgan fingerprint density at radius 2 is 1.78 bits per heavy atom. The van der Waals surface area contributed by atoms with Crippen LogP contribution >= 0.6 is 0 Å². The third-order valence-corrected chi connectivity index (χ3v) is 2.02. The van der Waals surface area contributed by atoms with E-state index in [0.29, 0.717) is 0 Å². The average Bonchev–Trinajstić information content (AvgIpc) is 2.36. The molecule has 5 nitrogen and oxygen atoms in total. The molecule has 0 fully saturated rings. The summed E-state index contributed by atoms with van der Waals surface area (Å²) in [6, 6.07) is 9.10. The van der Waals surface area contributed by atoms with Crippen LogP contribution in [0.4, 0.5) is 0 Å². The summed E-state index contributed by atoms with van der Waals surface area (Å²) in [5, 5.41) is 10.8. The number of nitrogens with one attached hydrogen (secondary N) is 1. The molecule has 0 radical (unpaired) electrons. The Kier molecular flexibility index (Phi) is 4.68. The second-order valence-corrected chi connectivity index (χ2v) is 3.45. The number of carbonyl (C=O) groups is 2. The summed E-state index contributed by atoms with van der Waals surface area (Å²) in [5.74, 6) is -1.98. The van der Waals surface area contributed by atoms with Crippen molar-refractivity contribution in [3.05, 3.63) is 60.4 Å². The quantitative estimate of drug-likeness (QED) is 0.587. The molecule has 94 valence electrons. The molecule has 0 aliphatic carbocycles. The lowest BCUT2D eigenvalue weighted by atomic mass is 10.2. The van der Waals surface area contributed by atoms with Crippen LogP contribution in [0.1, 0.15) is 5.56 Å². The Bertz CT molecular complexity index is 479. The van der Waals surface area contributed by atoms with Crippen LogP contribution in [0.5, 0.6) is 0 Å². The number of carboxylic acid groups (broad SMARTS) is 1. The Morgan fingerprint density at radius 3 is 2.33 bits per heavy atom. The predicted octanol–water partition coefficient (Wildman–Crippen LogP) is 1.43. The lowest BCUT2D eigenvalue weighted by molar-refractivity contribution is -0.140. The van der Waals surface area contributed by atoms with Gasteiger partial charge in [-0.1, -0.05) is 43.5 Å². The van der Waals surface area contributed by atoms with Crippen molar-refractivity contribution in [2.24, 2.45) is 0 Å². The van der Waals surface area contributed by atoms with E-state index in [9.17, 15) is 9.59 Å². The molecule has 5 heteroatoms. The van der Waals surface area contributed by atoms with Crippen LogP contribution in [0.25, 0.3) is 0 Å². The molecule has 2 N–H and O–H groups in total. The minimum Gasteiger partial charge on any atom is -0.477 e. The Labute approximate surface area is 104 Å². The number of ether oxygens (including phenoxy) is 1. The van der Waals surface area contributed by atoms with Gasteiger partial charge >= 0.3 is 11.9 Å². The zero-order valence-corrected chi connectivity index (χ0v) is 9.68. The van der Waals surface area contributed by atoms with E-state index in [0.717, 1.165) is 5.56 Å². The van der Waals surface area contributed by atoms with Gasteiger partial charge in [0.2, 0.25) is 0 Å². The van der Waals surface area contributed by atoms with E-state index in [-0.39, 0.29) is 18.0 Å². The van der Waals surface area contributed by atoms with E-state index in [4.69, 9.17) is 9.84 Å². The summed E-state index contributed by atoms with van der Waals surface area (Å²) >= 11 is 0. The minimum atomic E-state index is -1.26. The molecule has 0 aliphatic heterocycles. The van der Waals surface area contributed by atoms with Gasteiger partial charge in [0, 0.05) is 0 Å². The van der Waals surface area contributed by atoms with Crippen LogP contribution in [-0.4, -0.2) is 17.0 Å². The highest BCUT2D eigenvalue weighted by molar-refractivity contribution is 5.91. The maximum absolute atomic E-state index is 11.5. The number of hydrogen-bond acceptors (Lipinski definition) is 4. The Hall–Kier alpha value is -2.56. The lowest BCUT2D eigenvalue weighted by Crippen LogP contribution is -2.24. The normalized spacial score (nSPS) is 9.33. The third kappa shape index (κ3) is 4.13. The largest absolute Gasteiger partial charge is 0.477 e. The van der Waals surface area contributed by atoms with Crippen molar-refractivity contribution in [3.8, 4) is 0 Å². The molecule has 18 heavy (non-hydrogen) atoms. The zero-order valence-electron chi connectivity index (χ0n) is 9.68. The number of aliphatic carboxylic acids is 1. The highest BCUT2D eigenvalue weighted by atomic mass is 16.5. The van der Waals surface area contributed by atoms with Gasteiger partial charge in [-0.15, -0.1) is 0 Å². The molecule has 0 aliphatic rings. The summed E-state index contributed by atoms with van der Waals surface area (Å²) in [4.78, 5) is 21.9. The fraction of sp³-hybridized carbons (Fsp3) is 0.0769. The molecule has 0 bridgehead atoms. The molecular weight excluding hydrogens is 234 g/mol. The number of esters is 1. The van der Waals surface area contributed by atoms with Gasteiger partial charge < -0.3 is 15.2 Å². The van der Waals surface area contributed by atoms with Gasteiger partial charge in [0.15, 0.2) is 0 Å². The topological polar surface area (TPSA) is 75.6 Å². The first kappa shape index (κ1) is 13.5. The molecule has 0 amide bonds. The summed E-state index contributed by atoms with van der Waals surface area (Å²) in [6.45, 7) is 6.69. The number of benzene rings is 1. The summed E-state index contributed by atoms with van der Waals surface area (Å²) in [5.41, 5.74) is 0.325. The molecule has 0 atom stereocenters. The van der Waals surface area contributed by atoms with Gasteiger partial charge in [0.05, 0.1) is 0 Å². The number of carboxylic acids is 1. The standard InChI is InChI=1S/C13H13NO4/c1-9(12(15)16)14-10(2)13(17)18-8-11-6-4-3-5-7-11/h3-7,14H,1-2,8H2,(H,15,16). The fourth-order valence-corrected chi connectivity index (χ4v) is 1.10. The van der Waals surface area contributed by atoms with Crippen molar-refractivity contribution in [2.45, 2.75) is 6.61 Å². The fourth-order valence-electron chi connectivity index (χ4n) is 1.10. The molecule has 0 unspecified atom stereocenters. The molecule has 1 rings (SSSR count). The Balaban J connectivity index is 2.44. The smallest absolute Gasteiger partial charge is 0.354 e. The lowest BCUT2D eigenvalue weighted by Gasteiger charge is -2.09. The van der Waals surface area contributed by atoms with Gasteiger partial charge in [0.25, 0.3) is 0 Å². The molecule has 1 aromatic carbocycles. The van der Waals surface area contributed by atoms with Crippen LogP contribution < -0.4 is 5.32 Å². The molecular formula is C13H13NO4. The SMILES string of the molecule is C=C(NC(=C)C(=O)OCc1ccccc1)C(=O)O. The van der Waals surface area contributed by atoms with Crippen molar-refractivity contribution in [3.63, 3.8) is 0 Å². The predicted molar refractivity (Wildman–Crippen MR) is 65.3 cm³/mol. The Morgan fingerprint density at radius 1 is 1.17 bits per heavy atom. The van der Waals surface area contributed by atoms with Crippen molar-refractivity contribution >= 4 is 11.9 Å². The number of rotatable bonds is 6. The van der Waals surface area contributed by atoms with Gasteiger partial charge in [0.1, 0.15) is 18.0 Å². The van der Waals surface area contributed by atoms with Crippen LogP contribution in [0.2, 0.25) is 0 Å². The molecule has 1 aromatic rings. The van der Waals surface area contributed by atoms with E-state index in [2.05, 4.69) is 18.5 Å². The maximum atomic E-state index is 11.5. The molecule has 0 saturated heterocycles. The van der Waals surface area contributed by atoms with Crippen LogP contribution in [0, 0.1) is 0 Å². The first-order chi connectivity index (χ1) is 8.50. The van der Waals surface area contributed by atoms with Crippen LogP contribution in [0.3, 0.4) is 0 Å². The van der Waals surface area contributed by atoms with Gasteiger partial charge in [-0.05, 0) is 5.56 Å². The van der Waals surface area contributed by atoms with E-state index in [1.165, 1.54) is 0 Å². The second-order valence-electron chi connectivity index (χ2n) is 3.45. The minimum absolute atomic E-state index is 0.0971. The van der Waals surface area contributed by atoms with Crippen molar-refractivity contribution in [1.82, 2.24) is 5.32 Å². The van der Waals surface area contributed by atoms with Crippen molar-refractivity contribution in [2.75, 3.05) is 0 Å². The van der Waals surface area contributed by atoms with Crippen LogP contribution in [0.15, 0.2) is 54.9 Å². The van der Waals surface area contributed by atoms with Crippen molar-refractivity contribution < 1.29 is 19.4 Å². The maximum Gasteiger partial charge on any atom is 0.354 e. The first-order valence-electron chi connectivity index (χ1n) is 5.10. The molecule has 0 spiro atoms. The molecule has 0 aromatic heterocycles. The number of carbonyl (C=O) groups excluding carboxylic acids is 1. The van der Waals surface area contributed by atoms with Crippen LogP contribution in [-0.2, 0) is 20.9 Å². The second kappa shape index (κ2) is 6.24. The van der Waals surface area contributed by atoms with E-state index >= 15 is 0 Å². The molecule has 0 saturated carbocycles. The summed E-state index contributed by atoms with van der Waals surface area (Å²) in [6.07, 6.45) is 0. The third-order valence-electron chi connectivity index (χ3n) is 2.02. The zero-order chi connectivity index (χ0) is 13.5. The van der Waals surface area contributed by atoms with Gasteiger partial charge in [-0.2, -0.15) is 0 Å². The van der Waals surface area contributed by atoms with E-state index < -0.39 is 11.9 Å². The van der Waals surface area contributed by atoms with E-state index in [1.54, 1.807) is 12.1 Å². The molecule has 0 heterocycles. The average molecular weight is 247 g/mol. The highest BCUT2D eigenvalue weighted by Crippen LogP contribution is 2.03. The number of hydrogen-bond donors (Lipinski definition) is 2. The van der Waals surface area contributed by atoms with Gasteiger partial charge in [-0.25, -0.2) is 9.59 Å². The summed E-state index contributed by atoms with van der Waals surface area (Å²) < 4.78 is 4.94. The first-order valence-corrected chi connectivity index (χ1v) is 5.10. The highest BCUT2D eigenvalue weighted by Gasteiger charge is 2.12. The van der Waals surface area contributed by atoms with E-state index in [1.807, 2.05) is 18.2 Å². The summed E-state index contributed by atoms with van der Waals surface area (Å²) in [7, 11) is 0. The monoisotopic (exact) mass is 247 g/mol.